The molecule has 0 bridgehead atoms. The predicted octanol–water partition coefficient (Wildman–Crippen LogP) is 0.479. The van der Waals surface area contributed by atoms with Gasteiger partial charge >= 0.3 is 0 Å². The second-order valence-electron chi connectivity index (χ2n) is 4.94. The maximum absolute atomic E-state index is 13.6. The number of halogens is 2. The minimum atomic E-state index is -4.31. The molecule has 1 aromatic carbocycles. The van der Waals surface area contributed by atoms with Crippen molar-refractivity contribution >= 4 is 21.6 Å². The Morgan fingerprint density at radius 2 is 1.85 bits per heavy atom. The topological polar surface area (TPSA) is 115 Å². The highest BCUT2D eigenvalue weighted by atomic mass is 32.2. The fourth-order valence-electron chi connectivity index (χ4n) is 1.64. The molecule has 0 atom stereocenters. The van der Waals surface area contributed by atoms with Crippen molar-refractivity contribution in [2.24, 2.45) is 5.73 Å². The van der Waals surface area contributed by atoms with Crippen molar-refractivity contribution in [2.45, 2.75) is 30.7 Å². The van der Waals surface area contributed by atoms with E-state index in [0.717, 1.165) is 0 Å². The van der Waals surface area contributed by atoms with E-state index in [9.17, 15) is 22.0 Å². The first-order valence-electron chi connectivity index (χ1n) is 5.51. The number of primary amides is 1. The van der Waals surface area contributed by atoms with E-state index in [1.165, 1.54) is 13.8 Å². The van der Waals surface area contributed by atoms with Gasteiger partial charge in [-0.05, 0) is 19.9 Å². The molecule has 1 rings (SSSR count). The average molecular weight is 307 g/mol. The summed E-state index contributed by atoms with van der Waals surface area (Å²) in [5.74, 6) is -3.06. The fourth-order valence-corrected chi connectivity index (χ4v) is 3.15. The number of nitrogens with two attached hydrogens (primary N) is 2. The van der Waals surface area contributed by atoms with Gasteiger partial charge in [-0.2, -0.15) is 0 Å². The van der Waals surface area contributed by atoms with E-state index < -0.39 is 43.7 Å². The minimum Gasteiger partial charge on any atom is -0.396 e. The lowest BCUT2D eigenvalue weighted by molar-refractivity contribution is -0.119. The third-order valence-corrected chi connectivity index (χ3v) is 4.08. The molecule has 0 unspecified atom stereocenters. The molecule has 20 heavy (non-hydrogen) atoms. The summed E-state index contributed by atoms with van der Waals surface area (Å²) in [6.45, 7) is 2.81. The largest absolute Gasteiger partial charge is 0.396 e. The first kappa shape index (κ1) is 16.3. The molecular formula is C11H15F2N3O3S. The molecule has 0 saturated carbocycles. The van der Waals surface area contributed by atoms with E-state index in [2.05, 4.69) is 4.72 Å². The van der Waals surface area contributed by atoms with Gasteiger partial charge in [0.05, 0.1) is 5.69 Å². The zero-order valence-electron chi connectivity index (χ0n) is 10.9. The van der Waals surface area contributed by atoms with Crippen LogP contribution in [0.3, 0.4) is 0 Å². The number of hydrogen-bond acceptors (Lipinski definition) is 4. The van der Waals surface area contributed by atoms with Crippen LogP contribution in [0.4, 0.5) is 14.5 Å². The zero-order valence-corrected chi connectivity index (χ0v) is 11.7. The van der Waals surface area contributed by atoms with Crippen molar-refractivity contribution < 1.29 is 22.0 Å². The summed E-state index contributed by atoms with van der Waals surface area (Å²) in [6.07, 6.45) is -0.287. The highest BCUT2D eigenvalue weighted by Crippen LogP contribution is 2.22. The van der Waals surface area contributed by atoms with Gasteiger partial charge in [0.25, 0.3) is 0 Å². The number of carbonyl (C=O) groups is 1. The SMILES string of the molecule is CC(C)(CC(N)=O)NS(=O)(=O)c1cc(N)c(F)cc1F. The monoisotopic (exact) mass is 307 g/mol. The highest BCUT2D eigenvalue weighted by molar-refractivity contribution is 7.89. The smallest absolute Gasteiger partial charge is 0.244 e. The number of anilines is 1. The number of rotatable bonds is 5. The molecule has 6 nitrogen and oxygen atoms in total. The third kappa shape index (κ3) is 3.87. The van der Waals surface area contributed by atoms with Crippen LogP contribution in [-0.2, 0) is 14.8 Å². The molecule has 112 valence electrons. The lowest BCUT2D eigenvalue weighted by Crippen LogP contribution is -2.46. The van der Waals surface area contributed by atoms with Crippen molar-refractivity contribution in [3.05, 3.63) is 23.8 Å². The van der Waals surface area contributed by atoms with Crippen LogP contribution in [0.1, 0.15) is 20.3 Å². The summed E-state index contributed by atoms with van der Waals surface area (Å²) >= 11 is 0. The second kappa shape index (κ2) is 5.33. The average Bonchev–Trinajstić information content (AvgIpc) is 2.19. The highest BCUT2D eigenvalue weighted by Gasteiger charge is 2.30. The number of hydrogen-bond donors (Lipinski definition) is 3. The summed E-state index contributed by atoms with van der Waals surface area (Å²) in [6, 6.07) is 1.05. The number of amides is 1. The normalized spacial score (nSPS) is 12.4. The molecule has 1 amide bonds. The molecule has 0 radical (unpaired) electrons. The fraction of sp³-hybridized carbons (Fsp3) is 0.364. The first-order valence-corrected chi connectivity index (χ1v) is 7.00. The van der Waals surface area contributed by atoms with Gasteiger partial charge < -0.3 is 11.5 Å². The molecule has 1 aromatic rings. The Morgan fingerprint density at radius 3 is 2.35 bits per heavy atom. The van der Waals surface area contributed by atoms with Crippen molar-refractivity contribution in [3.63, 3.8) is 0 Å². The first-order chi connectivity index (χ1) is 8.94. The Bertz CT molecular complexity index is 645. The Labute approximate surface area is 115 Å². The van der Waals surface area contributed by atoms with Gasteiger partial charge in [0.15, 0.2) is 0 Å². The number of carbonyl (C=O) groups excluding carboxylic acids is 1. The maximum atomic E-state index is 13.6. The Morgan fingerprint density at radius 1 is 1.30 bits per heavy atom. The van der Waals surface area contributed by atoms with E-state index >= 15 is 0 Å². The Balaban J connectivity index is 3.18. The van der Waals surface area contributed by atoms with Crippen LogP contribution in [0, 0.1) is 11.6 Å². The lowest BCUT2D eigenvalue weighted by atomic mass is 10.0. The lowest BCUT2D eigenvalue weighted by Gasteiger charge is -2.24. The summed E-state index contributed by atoms with van der Waals surface area (Å²) in [7, 11) is -4.31. The number of sulfonamides is 1. The molecule has 0 aliphatic rings. The molecule has 0 saturated heterocycles. The third-order valence-electron chi connectivity index (χ3n) is 2.37. The number of nitrogen functional groups attached to an aromatic ring is 1. The molecule has 5 N–H and O–H groups in total. The quantitative estimate of drug-likeness (QED) is 0.686. The van der Waals surface area contributed by atoms with Gasteiger partial charge in [-0.25, -0.2) is 21.9 Å². The van der Waals surface area contributed by atoms with Crippen LogP contribution in [0.2, 0.25) is 0 Å². The van der Waals surface area contributed by atoms with E-state index in [1.807, 2.05) is 0 Å². The maximum Gasteiger partial charge on any atom is 0.244 e. The zero-order chi connectivity index (χ0) is 15.7. The van der Waals surface area contributed by atoms with Crippen LogP contribution in [0.25, 0.3) is 0 Å². The van der Waals surface area contributed by atoms with Crippen molar-refractivity contribution in [1.29, 1.82) is 0 Å². The molecule has 0 fully saturated rings. The van der Waals surface area contributed by atoms with Crippen LogP contribution < -0.4 is 16.2 Å². The van der Waals surface area contributed by atoms with E-state index in [1.54, 1.807) is 0 Å². The molecule has 9 heteroatoms. The minimum absolute atomic E-state index is 0.287. The van der Waals surface area contributed by atoms with Gasteiger partial charge in [0, 0.05) is 18.0 Å². The van der Waals surface area contributed by atoms with Gasteiger partial charge in [0.2, 0.25) is 15.9 Å². The Hall–Kier alpha value is -1.74. The van der Waals surface area contributed by atoms with E-state index in [4.69, 9.17) is 11.5 Å². The van der Waals surface area contributed by atoms with Crippen molar-refractivity contribution in [2.75, 3.05) is 5.73 Å². The van der Waals surface area contributed by atoms with Gasteiger partial charge in [-0.1, -0.05) is 0 Å². The Kier molecular flexibility index (Phi) is 4.35. The standard InChI is InChI=1S/C11H15F2N3O3S/c1-11(2,5-10(15)17)16-20(18,19)9-4-8(14)6(12)3-7(9)13/h3-4,16H,5,14H2,1-2H3,(H2,15,17). The van der Waals surface area contributed by atoms with E-state index in [0.29, 0.717) is 12.1 Å². The number of nitrogens with one attached hydrogen (secondary N) is 1. The molecule has 0 aliphatic heterocycles. The number of benzene rings is 1. The molecule has 0 aromatic heterocycles. The van der Waals surface area contributed by atoms with Crippen LogP contribution in [-0.4, -0.2) is 19.9 Å². The summed E-state index contributed by atoms with van der Waals surface area (Å²) in [5, 5.41) is 0. The summed E-state index contributed by atoms with van der Waals surface area (Å²) in [4.78, 5) is 10.0. The molecular weight excluding hydrogens is 292 g/mol. The van der Waals surface area contributed by atoms with Gasteiger partial charge in [0.1, 0.15) is 16.5 Å². The molecule has 0 aliphatic carbocycles. The van der Waals surface area contributed by atoms with Crippen molar-refractivity contribution in [3.8, 4) is 0 Å². The van der Waals surface area contributed by atoms with Crippen LogP contribution in [0.5, 0.6) is 0 Å². The molecule has 0 spiro atoms. The summed E-state index contributed by atoms with van der Waals surface area (Å²) < 4.78 is 52.8. The van der Waals surface area contributed by atoms with Gasteiger partial charge in [-0.15, -0.1) is 0 Å². The van der Waals surface area contributed by atoms with E-state index in [-0.39, 0.29) is 6.42 Å². The summed E-state index contributed by atoms with van der Waals surface area (Å²) in [5.41, 5.74) is 8.49. The molecule has 0 heterocycles. The van der Waals surface area contributed by atoms with Crippen LogP contribution in [0.15, 0.2) is 17.0 Å². The predicted molar refractivity (Wildman–Crippen MR) is 69.0 cm³/mol. The second-order valence-corrected chi connectivity index (χ2v) is 6.59. The van der Waals surface area contributed by atoms with Crippen molar-refractivity contribution in [1.82, 2.24) is 4.72 Å². The van der Waals surface area contributed by atoms with Gasteiger partial charge in [-0.3, -0.25) is 4.79 Å². The van der Waals surface area contributed by atoms with Crippen LogP contribution >= 0.6 is 0 Å².